The van der Waals surface area contributed by atoms with E-state index in [9.17, 15) is 14.3 Å². The standard InChI is InChI=1S/C14H15FO4/c15-10-5-4-9(11-12(10)19-8-18-11)14(13(16)17)6-2-1-3-7-14/h4-5H,1-3,6-8H2,(H,16,17). The third-order valence-electron chi connectivity index (χ3n) is 4.10. The first-order valence-electron chi connectivity index (χ1n) is 6.47. The fourth-order valence-electron chi connectivity index (χ4n) is 3.09. The van der Waals surface area contributed by atoms with Gasteiger partial charge in [0.25, 0.3) is 0 Å². The van der Waals surface area contributed by atoms with Crippen LogP contribution in [0.2, 0.25) is 0 Å². The van der Waals surface area contributed by atoms with E-state index in [1.807, 2.05) is 0 Å². The number of ether oxygens (including phenoxy) is 2. The molecule has 1 saturated carbocycles. The van der Waals surface area contributed by atoms with Crippen LogP contribution >= 0.6 is 0 Å². The number of carboxylic acid groups (broad SMARTS) is 1. The Bertz CT molecular complexity index is 520. The van der Waals surface area contributed by atoms with Crippen LogP contribution in [0.25, 0.3) is 0 Å². The zero-order chi connectivity index (χ0) is 13.5. The van der Waals surface area contributed by atoms with Crippen LogP contribution in [0.4, 0.5) is 4.39 Å². The molecule has 4 nitrogen and oxygen atoms in total. The van der Waals surface area contributed by atoms with E-state index in [1.54, 1.807) is 0 Å². The van der Waals surface area contributed by atoms with Crippen molar-refractivity contribution in [3.05, 3.63) is 23.5 Å². The summed E-state index contributed by atoms with van der Waals surface area (Å²) < 4.78 is 24.0. The SMILES string of the molecule is O=C(O)C1(c2ccc(F)c3c2OCO3)CCCCC1. The normalized spacial score (nSPS) is 20.3. The molecule has 102 valence electrons. The van der Waals surface area contributed by atoms with Crippen LogP contribution in [-0.2, 0) is 10.2 Å². The molecule has 0 aromatic heterocycles. The molecule has 0 amide bonds. The van der Waals surface area contributed by atoms with Gasteiger partial charge in [-0.3, -0.25) is 4.79 Å². The lowest BCUT2D eigenvalue weighted by Gasteiger charge is -2.34. The average molecular weight is 266 g/mol. The number of hydrogen-bond donors (Lipinski definition) is 1. The highest BCUT2D eigenvalue weighted by Crippen LogP contribution is 2.48. The van der Waals surface area contributed by atoms with Crippen molar-refractivity contribution in [2.75, 3.05) is 6.79 Å². The minimum atomic E-state index is -0.969. The first kappa shape index (κ1) is 12.3. The van der Waals surface area contributed by atoms with Crippen molar-refractivity contribution < 1.29 is 23.8 Å². The molecule has 1 aliphatic heterocycles. The van der Waals surface area contributed by atoms with Gasteiger partial charge in [-0.15, -0.1) is 0 Å². The van der Waals surface area contributed by atoms with Crippen LogP contribution in [0.15, 0.2) is 12.1 Å². The highest BCUT2D eigenvalue weighted by molar-refractivity contribution is 5.83. The number of halogens is 1. The third kappa shape index (κ3) is 1.76. The summed E-state index contributed by atoms with van der Waals surface area (Å²) in [4.78, 5) is 11.8. The molecule has 0 unspecified atom stereocenters. The summed E-state index contributed by atoms with van der Waals surface area (Å²) in [6.45, 7) is -0.0566. The molecule has 2 aliphatic rings. The van der Waals surface area contributed by atoms with Crippen molar-refractivity contribution in [2.24, 2.45) is 0 Å². The summed E-state index contributed by atoms with van der Waals surface area (Å²) >= 11 is 0. The van der Waals surface area contributed by atoms with Gasteiger partial charge in [-0.2, -0.15) is 0 Å². The first-order valence-corrected chi connectivity index (χ1v) is 6.47. The maximum absolute atomic E-state index is 13.6. The van der Waals surface area contributed by atoms with Crippen molar-refractivity contribution in [3.63, 3.8) is 0 Å². The molecule has 1 aromatic rings. The molecule has 1 aromatic carbocycles. The fraction of sp³-hybridized carbons (Fsp3) is 0.500. The second-order valence-corrected chi connectivity index (χ2v) is 5.11. The fourth-order valence-corrected chi connectivity index (χ4v) is 3.09. The van der Waals surface area contributed by atoms with Crippen molar-refractivity contribution in [1.29, 1.82) is 0 Å². The predicted molar refractivity (Wildman–Crippen MR) is 64.9 cm³/mol. The molecular formula is C14H15FO4. The van der Waals surface area contributed by atoms with Gasteiger partial charge in [0.2, 0.25) is 12.5 Å². The van der Waals surface area contributed by atoms with E-state index in [2.05, 4.69) is 0 Å². The smallest absolute Gasteiger partial charge is 0.314 e. The topological polar surface area (TPSA) is 55.8 Å². The molecule has 0 saturated heterocycles. The average Bonchev–Trinajstić information content (AvgIpc) is 2.90. The number of carboxylic acids is 1. The van der Waals surface area contributed by atoms with Crippen LogP contribution in [0.5, 0.6) is 11.5 Å². The maximum atomic E-state index is 13.6. The highest BCUT2D eigenvalue weighted by atomic mass is 19.1. The lowest BCUT2D eigenvalue weighted by molar-refractivity contribution is -0.145. The number of fused-ring (bicyclic) bond motifs is 1. The number of rotatable bonds is 2. The van der Waals surface area contributed by atoms with E-state index in [0.717, 1.165) is 19.3 Å². The van der Waals surface area contributed by atoms with Gasteiger partial charge in [0, 0.05) is 5.56 Å². The minimum Gasteiger partial charge on any atom is -0.481 e. The number of carbonyl (C=O) groups is 1. The summed E-state index contributed by atoms with van der Waals surface area (Å²) in [7, 11) is 0. The van der Waals surface area contributed by atoms with E-state index in [0.29, 0.717) is 18.4 Å². The van der Waals surface area contributed by atoms with Gasteiger partial charge in [0.1, 0.15) is 0 Å². The van der Waals surface area contributed by atoms with Crippen LogP contribution < -0.4 is 9.47 Å². The van der Waals surface area contributed by atoms with E-state index < -0.39 is 17.2 Å². The van der Waals surface area contributed by atoms with Crippen LogP contribution in [0, 0.1) is 5.82 Å². The summed E-state index contributed by atoms with van der Waals surface area (Å²) in [5, 5.41) is 9.65. The largest absolute Gasteiger partial charge is 0.481 e. The van der Waals surface area contributed by atoms with Gasteiger partial charge >= 0.3 is 5.97 Å². The number of benzene rings is 1. The van der Waals surface area contributed by atoms with Gasteiger partial charge in [0.05, 0.1) is 5.41 Å². The zero-order valence-corrected chi connectivity index (χ0v) is 10.4. The highest BCUT2D eigenvalue weighted by Gasteiger charge is 2.45. The summed E-state index contributed by atoms with van der Waals surface area (Å²) in [6.07, 6.45) is 3.88. The molecule has 3 rings (SSSR count). The molecule has 1 fully saturated rings. The van der Waals surface area contributed by atoms with Crippen LogP contribution in [-0.4, -0.2) is 17.9 Å². The maximum Gasteiger partial charge on any atom is 0.314 e. The van der Waals surface area contributed by atoms with E-state index in [4.69, 9.17) is 9.47 Å². The number of aliphatic carboxylic acids is 1. The molecule has 5 heteroatoms. The Hall–Kier alpha value is -1.78. The Kier molecular flexibility index (Phi) is 2.84. The van der Waals surface area contributed by atoms with Gasteiger partial charge in [0.15, 0.2) is 11.6 Å². The predicted octanol–water partition coefficient (Wildman–Crippen LogP) is 2.84. The van der Waals surface area contributed by atoms with Crippen molar-refractivity contribution in [2.45, 2.75) is 37.5 Å². The monoisotopic (exact) mass is 266 g/mol. The summed E-state index contributed by atoms with van der Waals surface area (Å²) in [5.74, 6) is -1.06. The minimum absolute atomic E-state index is 0.0451. The zero-order valence-electron chi connectivity index (χ0n) is 10.4. The molecule has 0 bridgehead atoms. The molecule has 0 spiro atoms. The van der Waals surface area contributed by atoms with E-state index in [-0.39, 0.29) is 18.3 Å². The van der Waals surface area contributed by atoms with E-state index in [1.165, 1.54) is 12.1 Å². The van der Waals surface area contributed by atoms with Crippen LogP contribution in [0.3, 0.4) is 0 Å². The molecule has 19 heavy (non-hydrogen) atoms. The quantitative estimate of drug-likeness (QED) is 0.894. The Balaban J connectivity index is 2.14. The third-order valence-corrected chi connectivity index (χ3v) is 4.10. The Labute approximate surface area is 110 Å². The van der Waals surface area contributed by atoms with Crippen molar-refractivity contribution in [1.82, 2.24) is 0 Å². The lowest BCUT2D eigenvalue weighted by atomic mass is 9.69. The summed E-state index contributed by atoms with van der Waals surface area (Å²) in [5.41, 5.74) is -0.419. The van der Waals surface area contributed by atoms with Gasteiger partial charge in [-0.05, 0) is 18.9 Å². The Morgan fingerprint density at radius 1 is 1.16 bits per heavy atom. The first-order chi connectivity index (χ1) is 9.15. The summed E-state index contributed by atoms with van der Waals surface area (Å²) in [6, 6.07) is 2.80. The molecule has 0 radical (unpaired) electrons. The molecule has 1 heterocycles. The molecule has 0 atom stereocenters. The van der Waals surface area contributed by atoms with Gasteiger partial charge in [-0.25, -0.2) is 4.39 Å². The van der Waals surface area contributed by atoms with Crippen molar-refractivity contribution in [3.8, 4) is 11.5 Å². The Morgan fingerprint density at radius 2 is 1.84 bits per heavy atom. The second-order valence-electron chi connectivity index (χ2n) is 5.11. The second kappa shape index (κ2) is 4.40. The Morgan fingerprint density at radius 3 is 2.53 bits per heavy atom. The van der Waals surface area contributed by atoms with E-state index >= 15 is 0 Å². The van der Waals surface area contributed by atoms with Gasteiger partial charge < -0.3 is 14.6 Å². The van der Waals surface area contributed by atoms with Crippen LogP contribution in [0.1, 0.15) is 37.7 Å². The van der Waals surface area contributed by atoms with Crippen molar-refractivity contribution >= 4 is 5.97 Å². The molecule has 1 N–H and O–H groups in total. The molecular weight excluding hydrogens is 251 g/mol. The number of hydrogen-bond acceptors (Lipinski definition) is 3. The lowest BCUT2D eigenvalue weighted by Crippen LogP contribution is -2.38. The van der Waals surface area contributed by atoms with Gasteiger partial charge in [-0.1, -0.05) is 25.3 Å². The molecule has 1 aliphatic carbocycles.